The van der Waals surface area contributed by atoms with E-state index in [1.165, 1.54) is 14.3 Å². The maximum atomic E-state index is 6.09. The van der Waals surface area contributed by atoms with Crippen LogP contribution in [-0.2, 0) is 0 Å². The van der Waals surface area contributed by atoms with Gasteiger partial charge in [0.25, 0.3) is 0 Å². The zero-order chi connectivity index (χ0) is 11.1. The number of halogens is 2. The molecule has 2 aromatic carbocycles. The van der Waals surface area contributed by atoms with E-state index in [0.29, 0.717) is 0 Å². The molecule has 16 heavy (non-hydrogen) atoms. The van der Waals surface area contributed by atoms with Gasteiger partial charge in [0.15, 0.2) is 0 Å². The molecule has 2 nitrogen and oxygen atoms in total. The van der Waals surface area contributed by atoms with Gasteiger partial charge in [-0.05, 0) is 0 Å². The molecular weight excluding hydrogens is 426 g/mol. The maximum absolute atomic E-state index is 6.09. The summed E-state index contributed by atoms with van der Waals surface area (Å²) < 4.78 is 3.23. The van der Waals surface area contributed by atoms with Crippen molar-refractivity contribution in [1.29, 1.82) is 0 Å². The van der Waals surface area contributed by atoms with E-state index in [1.54, 1.807) is 4.68 Å². The minimum absolute atomic E-state index is 0.107. The van der Waals surface area contributed by atoms with Crippen LogP contribution in [0.15, 0.2) is 42.5 Å². The van der Waals surface area contributed by atoms with Crippen molar-refractivity contribution in [3.8, 4) is 0 Å². The summed E-state index contributed by atoms with van der Waals surface area (Å²) in [6.45, 7) is 0. The summed E-state index contributed by atoms with van der Waals surface area (Å²) in [5.74, 6) is 6.09. The molecule has 0 bridgehead atoms. The SMILES string of the molecule is Nn1c2ccccc2c2cc([I-]I)ccc21. The minimum atomic E-state index is 0.107. The summed E-state index contributed by atoms with van der Waals surface area (Å²) in [6.07, 6.45) is 0. The third kappa shape index (κ3) is 1.50. The van der Waals surface area contributed by atoms with Crippen LogP contribution in [0.25, 0.3) is 21.8 Å². The average Bonchev–Trinajstić information content (AvgIpc) is 2.64. The van der Waals surface area contributed by atoms with Crippen molar-refractivity contribution >= 4 is 40.4 Å². The quantitative estimate of drug-likeness (QED) is 0.428. The van der Waals surface area contributed by atoms with Gasteiger partial charge in [-0.1, -0.05) is 0 Å². The normalized spacial score (nSPS) is 11.6. The number of rotatable bonds is 1. The summed E-state index contributed by atoms with van der Waals surface area (Å²) >= 11 is 2.60. The molecule has 1 heterocycles. The fourth-order valence-electron chi connectivity index (χ4n) is 2.02. The first-order valence-electron chi connectivity index (χ1n) is 4.85. The van der Waals surface area contributed by atoms with Crippen molar-refractivity contribution in [2.24, 2.45) is 0 Å². The molecule has 0 aliphatic rings. The predicted molar refractivity (Wildman–Crippen MR) is 72.3 cm³/mol. The Bertz CT molecular complexity index is 673. The first-order chi connectivity index (χ1) is 7.81. The van der Waals surface area contributed by atoms with Gasteiger partial charge < -0.3 is 0 Å². The Morgan fingerprint density at radius 1 is 1.00 bits per heavy atom. The van der Waals surface area contributed by atoms with Crippen LogP contribution in [0.1, 0.15) is 0 Å². The Morgan fingerprint density at radius 2 is 1.75 bits per heavy atom. The number of benzene rings is 2. The summed E-state index contributed by atoms with van der Waals surface area (Å²) in [4.78, 5) is 0. The van der Waals surface area contributed by atoms with Crippen LogP contribution in [-0.4, -0.2) is 4.68 Å². The monoisotopic (exact) mass is 435 g/mol. The Hall–Kier alpha value is -0.500. The number of hydrogen-bond acceptors (Lipinski definition) is 1. The first kappa shape index (κ1) is 10.6. The van der Waals surface area contributed by atoms with E-state index in [4.69, 9.17) is 5.84 Å². The van der Waals surface area contributed by atoms with Crippen molar-refractivity contribution in [2.75, 3.05) is 5.84 Å². The zero-order valence-corrected chi connectivity index (χ0v) is 12.6. The number of hydrogen-bond donors (Lipinski definition) is 1. The molecule has 0 radical (unpaired) electrons. The predicted octanol–water partition coefficient (Wildman–Crippen LogP) is 0.117. The number of aromatic nitrogens is 1. The van der Waals surface area contributed by atoms with E-state index in [1.807, 2.05) is 6.07 Å². The first-order valence-corrected chi connectivity index (χ1v) is 12.2. The Kier molecular flexibility index (Phi) is 2.70. The van der Waals surface area contributed by atoms with Gasteiger partial charge in [0.1, 0.15) is 0 Å². The number of para-hydroxylation sites is 1. The van der Waals surface area contributed by atoms with Gasteiger partial charge in [-0.3, -0.25) is 0 Å². The van der Waals surface area contributed by atoms with Crippen molar-refractivity contribution < 1.29 is 17.2 Å². The van der Waals surface area contributed by atoms with Crippen LogP contribution in [0.2, 0.25) is 0 Å². The van der Waals surface area contributed by atoms with Crippen molar-refractivity contribution in [3.05, 3.63) is 46.0 Å². The van der Waals surface area contributed by atoms with Crippen LogP contribution in [0, 0.1) is 3.57 Å². The van der Waals surface area contributed by atoms with Crippen LogP contribution >= 0.6 is 18.6 Å². The van der Waals surface area contributed by atoms with Gasteiger partial charge in [-0.2, -0.15) is 0 Å². The van der Waals surface area contributed by atoms with Gasteiger partial charge in [-0.25, -0.2) is 0 Å². The van der Waals surface area contributed by atoms with E-state index >= 15 is 0 Å². The van der Waals surface area contributed by atoms with E-state index in [2.05, 4.69) is 55.0 Å². The number of nitrogens with two attached hydrogens (primary N) is 1. The van der Waals surface area contributed by atoms with Crippen LogP contribution in [0.5, 0.6) is 0 Å². The van der Waals surface area contributed by atoms with Crippen LogP contribution in [0.3, 0.4) is 0 Å². The van der Waals surface area contributed by atoms with Gasteiger partial charge in [0.05, 0.1) is 0 Å². The van der Waals surface area contributed by atoms with Crippen LogP contribution in [0.4, 0.5) is 0 Å². The Labute approximate surface area is 113 Å². The summed E-state index contributed by atoms with van der Waals surface area (Å²) in [7, 11) is 0. The Balaban J connectivity index is 2.52. The summed E-state index contributed by atoms with van der Waals surface area (Å²) in [5, 5.41) is 2.52. The molecule has 4 heteroatoms. The zero-order valence-electron chi connectivity index (χ0n) is 8.32. The summed E-state index contributed by atoms with van der Waals surface area (Å²) in [5.41, 5.74) is 2.21. The molecule has 0 atom stereocenters. The molecule has 0 aliphatic heterocycles. The Morgan fingerprint density at radius 3 is 2.56 bits per heavy atom. The van der Waals surface area contributed by atoms with Gasteiger partial charge in [-0.15, -0.1) is 0 Å². The second-order valence-electron chi connectivity index (χ2n) is 3.62. The van der Waals surface area contributed by atoms with Crippen LogP contribution < -0.4 is 23.1 Å². The van der Waals surface area contributed by atoms with Crippen molar-refractivity contribution in [3.63, 3.8) is 0 Å². The van der Waals surface area contributed by atoms with E-state index in [-0.39, 0.29) is 17.2 Å². The average molecular weight is 435 g/mol. The molecule has 1 aromatic heterocycles. The molecule has 0 aliphatic carbocycles. The summed E-state index contributed by atoms with van der Waals surface area (Å²) in [6, 6.07) is 14.9. The van der Waals surface area contributed by atoms with Gasteiger partial charge in [0, 0.05) is 0 Å². The van der Waals surface area contributed by atoms with E-state index in [0.717, 1.165) is 11.0 Å². The second kappa shape index (κ2) is 4.06. The molecule has 0 fully saturated rings. The number of nitrogens with zero attached hydrogens (tertiary/aromatic N) is 1. The van der Waals surface area contributed by atoms with Gasteiger partial charge >= 0.3 is 114 Å². The second-order valence-corrected chi connectivity index (χ2v) is 8.01. The van der Waals surface area contributed by atoms with E-state index in [9.17, 15) is 0 Å². The molecule has 3 rings (SSSR count). The molecule has 2 N–H and O–H groups in total. The molecule has 82 valence electrons. The fourth-order valence-corrected chi connectivity index (χ4v) is 4.47. The molecule has 0 saturated heterocycles. The van der Waals surface area contributed by atoms with E-state index < -0.39 is 0 Å². The third-order valence-electron chi connectivity index (χ3n) is 2.75. The third-order valence-corrected chi connectivity index (χ3v) is 7.05. The molecule has 0 saturated carbocycles. The molecule has 0 amide bonds. The van der Waals surface area contributed by atoms with Crippen molar-refractivity contribution in [1.82, 2.24) is 4.68 Å². The molecule has 3 aromatic rings. The standard InChI is InChI=1S/C12H9I2N2/c13-14-8-5-6-12-10(7-8)9-3-1-2-4-11(9)16(12)15/h1-7H,15H2/q-1. The molecule has 0 spiro atoms. The molecule has 0 unspecified atom stereocenters. The number of nitrogen functional groups attached to an aromatic ring is 1. The van der Waals surface area contributed by atoms with Crippen molar-refractivity contribution in [2.45, 2.75) is 0 Å². The topological polar surface area (TPSA) is 30.9 Å². The molecular formula is C12H9I2N2-. The number of fused-ring (bicyclic) bond motifs is 3. The fraction of sp³-hybridized carbons (Fsp3) is 0. The van der Waals surface area contributed by atoms with Gasteiger partial charge in [0.2, 0.25) is 0 Å².